The molecule has 1 fully saturated rings. The SMILES string of the molecule is NCC1(C(=O)Cc2nc(-c3ccccc3)cs2)CCCC1. The molecule has 110 valence electrons. The Labute approximate surface area is 129 Å². The lowest BCUT2D eigenvalue weighted by Crippen LogP contribution is -2.37. The second-order valence-corrected chi connectivity index (χ2v) is 6.73. The highest BCUT2D eigenvalue weighted by Gasteiger charge is 2.39. The smallest absolute Gasteiger partial charge is 0.147 e. The highest BCUT2D eigenvalue weighted by Crippen LogP contribution is 2.39. The van der Waals surface area contributed by atoms with Gasteiger partial charge in [-0.15, -0.1) is 11.3 Å². The van der Waals surface area contributed by atoms with E-state index < -0.39 is 0 Å². The Morgan fingerprint density at radius 2 is 1.95 bits per heavy atom. The van der Waals surface area contributed by atoms with E-state index in [1.807, 2.05) is 35.7 Å². The van der Waals surface area contributed by atoms with Crippen molar-refractivity contribution in [3.8, 4) is 11.3 Å². The largest absolute Gasteiger partial charge is 0.329 e. The van der Waals surface area contributed by atoms with Gasteiger partial charge in [-0.05, 0) is 12.8 Å². The Morgan fingerprint density at radius 3 is 2.62 bits per heavy atom. The molecule has 0 spiro atoms. The van der Waals surface area contributed by atoms with E-state index in [4.69, 9.17) is 5.73 Å². The molecule has 2 aromatic rings. The predicted octanol–water partition coefficient (Wildman–Crippen LogP) is 3.44. The lowest BCUT2D eigenvalue weighted by molar-refractivity contribution is -0.127. The van der Waals surface area contributed by atoms with Crippen LogP contribution in [0.4, 0.5) is 0 Å². The summed E-state index contributed by atoms with van der Waals surface area (Å²) in [5.41, 5.74) is 7.66. The topological polar surface area (TPSA) is 56.0 Å². The van der Waals surface area contributed by atoms with E-state index in [1.165, 1.54) is 0 Å². The second-order valence-electron chi connectivity index (χ2n) is 5.78. The Balaban J connectivity index is 1.74. The minimum atomic E-state index is -0.279. The molecule has 1 aliphatic carbocycles. The van der Waals surface area contributed by atoms with Gasteiger partial charge >= 0.3 is 0 Å². The zero-order valence-electron chi connectivity index (χ0n) is 12.0. The molecular weight excluding hydrogens is 280 g/mol. The van der Waals surface area contributed by atoms with Gasteiger partial charge in [0.2, 0.25) is 0 Å². The summed E-state index contributed by atoms with van der Waals surface area (Å²) in [5, 5.41) is 2.93. The number of hydrogen-bond donors (Lipinski definition) is 1. The summed E-state index contributed by atoms with van der Waals surface area (Å²) in [6, 6.07) is 10.1. The molecule has 1 saturated carbocycles. The first-order chi connectivity index (χ1) is 10.2. The predicted molar refractivity (Wildman–Crippen MR) is 86.2 cm³/mol. The van der Waals surface area contributed by atoms with Gasteiger partial charge in [-0.1, -0.05) is 43.2 Å². The van der Waals surface area contributed by atoms with Crippen LogP contribution in [0.3, 0.4) is 0 Å². The molecule has 4 heteroatoms. The quantitative estimate of drug-likeness (QED) is 0.920. The van der Waals surface area contributed by atoms with E-state index in [0.717, 1.165) is 41.9 Å². The molecule has 1 aromatic carbocycles. The van der Waals surface area contributed by atoms with E-state index in [9.17, 15) is 4.79 Å². The first-order valence-electron chi connectivity index (χ1n) is 7.47. The number of carbonyl (C=O) groups is 1. The lowest BCUT2D eigenvalue weighted by atomic mass is 9.80. The molecule has 0 radical (unpaired) electrons. The first-order valence-corrected chi connectivity index (χ1v) is 8.35. The van der Waals surface area contributed by atoms with Crippen molar-refractivity contribution in [1.29, 1.82) is 0 Å². The Hall–Kier alpha value is -1.52. The monoisotopic (exact) mass is 300 g/mol. The minimum absolute atomic E-state index is 0.275. The van der Waals surface area contributed by atoms with Crippen molar-refractivity contribution in [3.63, 3.8) is 0 Å². The summed E-state index contributed by atoms with van der Waals surface area (Å²) in [6.45, 7) is 0.475. The number of nitrogens with two attached hydrogens (primary N) is 1. The fraction of sp³-hybridized carbons (Fsp3) is 0.412. The van der Waals surface area contributed by atoms with Gasteiger partial charge in [-0.2, -0.15) is 0 Å². The van der Waals surface area contributed by atoms with Crippen molar-refractivity contribution in [3.05, 3.63) is 40.7 Å². The maximum Gasteiger partial charge on any atom is 0.147 e. The number of rotatable bonds is 5. The molecule has 3 rings (SSSR count). The molecule has 1 heterocycles. The summed E-state index contributed by atoms with van der Waals surface area (Å²) in [5.74, 6) is 0.275. The lowest BCUT2D eigenvalue weighted by Gasteiger charge is -2.24. The van der Waals surface area contributed by atoms with E-state index in [-0.39, 0.29) is 11.2 Å². The van der Waals surface area contributed by atoms with Crippen LogP contribution in [-0.4, -0.2) is 17.3 Å². The standard InChI is InChI=1S/C17H20N2OS/c18-12-17(8-4-5-9-17)15(20)10-16-19-14(11-21-16)13-6-2-1-3-7-13/h1-3,6-7,11H,4-5,8-10,12,18H2. The summed E-state index contributed by atoms with van der Waals surface area (Å²) < 4.78 is 0. The van der Waals surface area contributed by atoms with Crippen LogP contribution >= 0.6 is 11.3 Å². The molecule has 0 unspecified atom stereocenters. The molecule has 0 atom stereocenters. The van der Waals surface area contributed by atoms with E-state index in [2.05, 4.69) is 4.98 Å². The summed E-state index contributed by atoms with van der Waals surface area (Å²) in [7, 11) is 0. The second kappa shape index (κ2) is 6.08. The summed E-state index contributed by atoms with van der Waals surface area (Å²) in [6.07, 6.45) is 4.55. The van der Waals surface area contributed by atoms with Crippen molar-refractivity contribution in [2.24, 2.45) is 11.1 Å². The number of ketones is 1. The molecule has 0 amide bonds. The number of nitrogens with zero attached hydrogens (tertiary/aromatic N) is 1. The van der Waals surface area contributed by atoms with Crippen molar-refractivity contribution < 1.29 is 4.79 Å². The van der Waals surface area contributed by atoms with Crippen LogP contribution in [-0.2, 0) is 11.2 Å². The van der Waals surface area contributed by atoms with Crippen molar-refractivity contribution in [1.82, 2.24) is 4.98 Å². The molecule has 1 aliphatic rings. The maximum atomic E-state index is 12.6. The minimum Gasteiger partial charge on any atom is -0.329 e. The third-order valence-corrected chi connectivity index (χ3v) is 5.32. The molecule has 0 aliphatic heterocycles. The maximum absolute atomic E-state index is 12.6. The van der Waals surface area contributed by atoms with E-state index >= 15 is 0 Å². The normalized spacial score (nSPS) is 17.0. The zero-order valence-corrected chi connectivity index (χ0v) is 12.9. The molecule has 0 saturated heterocycles. The molecule has 21 heavy (non-hydrogen) atoms. The number of thiazole rings is 1. The third-order valence-electron chi connectivity index (χ3n) is 4.48. The van der Waals surface area contributed by atoms with Gasteiger partial charge < -0.3 is 5.73 Å². The van der Waals surface area contributed by atoms with Crippen LogP contribution in [0.15, 0.2) is 35.7 Å². The number of aromatic nitrogens is 1. The van der Waals surface area contributed by atoms with Gasteiger partial charge in [-0.25, -0.2) is 4.98 Å². The number of benzene rings is 1. The highest BCUT2D eigenvalue weighted by molar-refractivity contribution is 7.10. The van der Waals surface area contributed by atoms with Crippen LogP contribution < -0.4 is 5.73 Å². The average Bonchev–Trinajstić information content (AvgIpc) is 3.18. The fourth-order valence-corrected chi connectivity index (χ4v) is 3.91. The highest BCUT2D eigenvalue weighted by atomic mass is 32.1. The molecular formula is C17H20N2OS. The molecule has 0 bridgehead atoms. The van der Waals surface area contributed by atoms with Crippen molar-refractivity contribution in [2.75, 3.05) is 6.54 Å². The molecule has 1 aromatic heterocycles. The third kappa shape index (κ3) is 2.92. The summed E-state index contributed by atoms with van der Waals surface area (Å²) >= 11 is 1.57. The fourth-order valence-electron chi connectivity index (χ4n) is 3.11. The summed E-state index contributed by atoms with van der Waals surface area (Å²) in [4.78, 5) is 17.2. The van der Waals surface area contributed by atoms with Crippen molar-refractivity contribution in [2.45, 2.75) is 32.1 Å². The number of carbonyl (C=O) groups excluding carboxylic acids is 1. The average molecular weight is 300 g/mol. The van der Waals surface area contributed by atoms with Crippen LogP contribution in [0.5, 0.6) is 0 Å². The Bertz CT molecular complexity index is 615. The zero-order chi connectivity index (χ0) is 14.7. The molecule has 3 nitrogen and oxygen atoms in total. The number of Topliss-reactive ketones (excluding diaryl/α,β-unsaturated/α-hetero) is 1. The van der Waals surface area contributed by atoms with Gasteiger partial charge in [0, 0.05) is 22.9 Å². The van der Waals surface area contributed by atoms with Crippen LogP contribution in [0, 0.1) is 5.41 Å². The van der Waals surface area contributed by atoms with E-state index in [0.29, 0.717) is 13.0 Å². The Kier molecular flexibility index (Phi) is 4.17. The van der Waals surface area contributed by atoms with E-state index in [1.54, 1.807) is 11.3 Å². The number of hydrogen-bond acceptors (Lipinski definition) is 4. The first kappa shape index (κ1) is 14.4. The van der Waals surface area contributed by atoms with Crippen LogP contribution in [0.1, 0.15) is 30.7 Å². The molecule has 2 N–H and O–H groups in total. The van der Waals surface area contributed by atoms with Gasteiger partial charge in [0.25, 0.3) is 0 Å². The van der Waals surface area contributed by atoms with Crippen LogP contribution in [0.2, 0.25) is 0 Å². The van der Waals surface area contributed by atoms with Crippen molar-refractivity contribution >= 4 is 17.1 Å². The van der Waals surface area contributed by atoms with Gasteiger partial charge in [0.1, 0.15) is 10.8 Å². The van der Waals surface area contributed by atoms with Gasteiger partial charge in [0.15, 0.2) is 0 Å². The van der Waals surface area contributed by atoms with Gasteiger partial charge in [0.05, 0.1) is 12.1 Å². The Morgan fingerprint density at radius 1 is 1.24 bits per heavy atom. The van der Waals surface area contributed by atoms with Gasteiger partial charge in [-0.3, -0.25) is 4.79 Å². The van der Waals surface area contributed by atoms with Crippen LogP contribution in [0.25, 0.3) is 11.3 Å².